The van der Waals surface area contributed by atoms with Crippen LogP contribution in [0.5, 0.6) is 0 Å². The molecule has 2 aromatic rings. The van der Waals surface area contributed by atoms with Gasteiger partial charge < -0.3 is 14.7 Å². The lowest BCUT2D eigenvalue weighted by atomic mass is 9.93. The maximum atomic E-state index is 11.8. The van der Waals surface area contributed by atoms with Crippen LogP contribution in [-0.2, 0) is 4.74 Å². The molecule has 5 heteroatoms. The lowest BCUT2D eigenvalue weighted by Gasteiger charge is -2.37. The summed E-state index contributed by atoms with van der Waals surface area (Å²) in [5.74, 6) is -0.251. The van der Waals surface area contributed by atoms with Crippen LogP contribution in [0.3, 0.4) is 0 Å². The number of piperidine rings is 1. The highest BCUT2D eigenvalue weighted by Crippen LogP contribution is 2.32. The first kappa shape index (κ1) is 15.3. The van der Waals surface area contributed by atoms with Gasteiger partial charge >= 0.3 is 5.97 Å². The summed E-state index contributed by atoms with van der Waals surface area (Å²) in [7, 11) is 0. The molecule has 0 bridgehead atoms. The van der Waals surface area contributed by atoms with Crippen molar-refractivity contribution < 1.29 is 14.6 Å². The van der Waals surface area contributed by atoms with Crippen LogP contribution < -0.4 is 4.90 Å². The molecule has 1 aromatic carbocycles. The molecule has 0 unspecified atom stereocenters. The monoisotopic (exact) mass is 319 g/mol. The van der Waals surface area contributed by atoms with Gasteiger partial charge in [-0.15, -0.1) is 11.3 Å². The van der Waals surface area contributed by atoms with Crippen molar-refractivity contribution >= 4 is 33.1 Å². The Morgan fingerprint density at radius 2 is 2.09 bits per heavy atom. The Bertz CT molecular complexity index is 682. The second-order valence-corrected chi connectivity index (χ2v) is 7.12. The summed E-state index contributed by atoms with van der Waals surface area (Å²) in [6.07, 6.45) is 1.56. The van der Waals surface area contributed by atoms with E-state index in [9.17, 15) is 9.90 Å². The molecule has 1 aromatic heterocycles. The van der Waals surface area contributed by atoms with Gasteiger partial charge in [0.2, 0.25) is 0 Å². The average Bonchev–Trinajstić information content (AvgIpc) is 2.90. The van der Waals surface area contributed by atoms with Crippen LogP contribution in [0.4, 0.5) is 5.69 Å². The number of thiophene rings is 1. The van der Waals surface area contributed by atoms with Gasteiger partial charge in [-0.1, -0.05) is 6.07 Å². The maximum absolute atomic E-state index is 11.8. The van der Waals surface area contributed by atoms with Crippen molar-refractivity contribution in [3.63, 3.8) is 0 Å². The van der Waals surface area contributed by atoms with Gasteiger partial charge in [-0.05, 0) is 50.3 Å². The molecule has 0 spiro atoms. The summed E-state index contributed by atoms with van der Waals surface area (Å²) in [5, 5.41) is 11.1. The van der Waals surface area contributed by atoms with E-state index in [2.05, 4.69) is 23.1 Å². The predicted octanol–water partition coefficient (Wildman–Crippen LogP) is 3.43. The number of fused-ring (bicyclic) bond motifs is 1. The highest BCUT2D eigenvalue weighted by Gasteiger charge is 2.27. The zero-order chi connectivity index (χ0) is 15.7. The molecule has 118 valence electrons. The Labute approximate surface area is 134 Å². The Balaban J connectivity index is 1.82. The molecule has 0 saturated carbocycles. The van der Waals surface area contributed by atoms with Crippen molar-refractivity contribution in [1.29, 1.82) is 0 Å². The minimum Gasteiger partial charge on any atom is -0.462 e. The quantitative estimate of drug-likeness (QED) is 0.881. The Kier molecular flexibility index (Phi) is 4.10. The molecular weight excluding hydrogens is 298 g/mol. The Morgan fingerprint density at radius 1 is 1.36 bits per heavy atom. The third-order valence-corrected chi connectivity index (χ3v) is 5.26. The molecule has 1 N–H and O–H groups in total. The standard InChI is InChI=1S/C17H21NO3S/c1-3-21-16(19)15-10-12-4-5-13(11-14(12)22-15)18-8-6-17(2,20)7-9-18/h4-5,10-11,20H,3,6-9H2,1-2H3. The van der Waals surface area contributed by atoms with Crippen LogP contribution >= 0.6 is 11.3 Å². The fourth-order valence-electron chi connectivity index (χ4n) is 2.77. The topological polar surface area (TPSA) is 49.8 Å². The zero-order valence-corrected chi connectivity index (χ0v) is 13.8. The van der Waals surface area contributed by atoms with E-state index in [1.54, 1.807) is 0 Å². The molecule has 0 atom stereocenters. The molecule has 0 radical (unpaired) electrons. The van der Waals surface area contributed by atoms with Gasteiger partial charge in [0.05, 0.1) is 12.2 Å². The van der Waals surface area contributed by atoms with Crippen LogP contribution in [0.1, 0.15) is 36.4 Å². The van der Waals surface area contributed by atoms with E-state index in [1.807, 2.05) is 19.9 Å². The van der Waals surface area contributed by atoms with Crippen LogP contribution in [0.15, 0.2) is 24.3 Å². The number of benzene rings is 1. The second-order valence-electron chi connectivity index (χ2n) is 6.04. The number of ether oxygens (including phenoxy) is 1. The van der Waals surface area contributed by atoms with Crippen molar-refractivity contribution in [2.45, 2.75) is 32.3 Å². The van der Waals surface area contributed by atoms with Crippen LogP contribution in [0.2, 0.25) is 0 Å². The van der Waals surface area contributed by atoms with E-state index >= 15 is 0 Å². The van der Waals surface area contributed by atoms with Gasteiger partial charge in [0.25, 0.3) is 0 Å². The fourth-order valence-corrected chi connectivity index (χ4v) is 3.76. The van der Waals surface area contributed by atoms with Gasteiger partial charge in [-0.25, -0.2) is 4.79 Å². The highest BCUT2D eigenvalue weighted by atomic mass is 32.1. The molecule has 1 aliphatic heterocycles. The molecule has 1 fully saturated rings. The largest absolute Gasteiger partial charge is 0.462 e. The van der Waals surface area contributed by atoms with E-state index in [1.165, 1.54) is 11.3 Å². The second kappa shape index (κ2) is 5.89. The van der Waals surface area contributed by atoms with Gasteiger partial charge in [0, 0.05) is 23.5 Å². The smallest absolute Gasteiger partial charge is 0.348 e. The molecule has 1 saturated heterocycles. The number of anilines is 1. The van der Waals surface area contributed by atoms with Crippen LogP contribution in [0, 0.1) is 0 Å². The molecule has 3 rings (SSSR count). The molecule has 0 aliphatic carbocycles. The molecule has 2 heterocycles. The number of carbonyl (C=O) groups is 1. The Hall–Kier alpha value is -1.59. The molecule has 0 amide bonds. The number of carbonyl (C=O) groups excluding carboxylic acids is 1. The number of hydrogen-bond donors (Lipinski definition) is 1. The van der Waals surface area contributed by atoms with Crippen molar-refractivity contribution in [1.82, 2.24) is 0 Å². The number of nitrogens with zero attached hydrogens (tertiary/aromatic N) is 1. The lowest BCUT2D eigenvalue weighted by molar-refractivity contribution is 0.0351. The predicted molar refractivity (Wildman–Crippen MR) is 89.9 cm³/mol. The third kappa shape index (κ3) is 3.10. The summed E-state index contributed by atoms with van der Waals surface area (Å²) in [6, 6.07) is 8.16. The van der Waals surface area contributed by atoms with Crippen molar-refractivity contribution in [2.75, 3.05) is 24.6 Å². The Morgan fingerprint density at radius 3 is 2.77 bits per heavy atom. The summed E-state index contributed by atoms with van der Waals surface area (Å²) in [4.78, 5) is 14.8. The minimum absolute atomic E-state index is 0.251. The molecule has 22 heavy (non-hydrogen) atoms. The summed E-state index contributed by atoms with van der Waals surface area (Å²) < 4.78 is 6.16. The van der Waals surface area contributed by atoms with Gasteiger partial charge in [-0.2, -0.15) is 0 Å². The van der Waals surface area contributed by atoms with Crippen molar-refractivity contribution in [3.05, 3.63) is 29.1 Å². The normalized spacial score (nSPS) is 17.7. The van der Waals surface area contributed by atoms with E-state index in [0.717, 1.165) is 41.7 Å². The number of rotatable bonds is 3. The number of hydrogen-bond acceptors (Lipinski definition) is 5. The molecular formula is C17H21NO3S. The lowest BCUT2D eigenvalue weighted by Crippen LogP contribution is -2.42. The van der Waals surface area contributed by atoms with Crippen molar-refractivity contribution in [3.8, 4) is 0 Å². The zero-order valence-electron chi connectivity index (χ0n) is 13.0. The van der Waals surface area contributed by atoms with Gasteiger partial charge in [-0.3, -0.25) is 0 Å². The number of aliphatic hydroxyl groups is 1. The van der Waals surface area contributed by atoms with E-state index in [0.29, 0.717) is 11.5 Å². The minimum atomic E-state index is -0.541. The first-order chi connectivity index (χ1) is 10.5. The van der Waals surface area contributed by atoms with E-state index < -0.39 is 5.60 Å². The first-order valence-corrected chi connectivity index (χ1v) is 8.48. The number of esters is 1. The van der Waals surface area contributed by atoms with E-state index in [4.69, 9.17) is 4.74 Å². The van der Waals surface area contributed by atoms with Gasteiger partial charge in [0.15, 0.2) is 0 Å². The summed E-state index contributed by atoms with van der Waals surface area (Å²) in [6.45, 7) is 5.82. The highest BCUT2D eigenvalue weighted by molar-refractivity contribution is 7.20. The van der Waals surface area contributed by atoms with Crippen LogP contribution in [0.25, 0.3) is 10.1 Å². The summed E-state index contributed by atoms with van der Waals surface area (Å²) >= 11 is 1.47. The maximum Gasteiger partial charge on any atom is 0.348 e. The fraction of sp³-hybridized carbons (Fsp3) is 0.471. The third-order valence-electron chi connectivity index (χ3n) is 4.19. The first-order valence-electron chi connectivity index (χ1n) is 7.66. The summed E-state index contributed by atoms with van der Waals surface area (Å²) in [5.41, 5.74) is 0.612. The van der Waals surface area contributed by atoms with E-state index in [-0.39, 0.29) is 5.97 Å². The van der Waals surface area contributed by atoms with Gasteiger partial charge in [0.1, 0.15) is 4.88 Å². The molecule has 1 aliphatic rings. The average molecular weight is 319 g/mol. The molecule has 4 nitrogen and oxygen atoms in total. The van der Waals surface area contributed by atoms with Crippen molar-refractivity contribution in [2.24, 2.45) is 0 Å². The van der Waals surface area contributed by atoms with Crippen LogP contribution in [-0.4, -0.2) is 36.4 Å². The SMILES string of the molecule is CCOC(=O)c1cc2ccc(N3CCC(C)(O)CC3)cc2s1.